The first-order chi connectivity index (χ1) is 11.9. The van der Waals surface area contributed by atoms with E-state index in [2.05, 4.69) is 9.97 Å². The van der Waals surface area contributed by atoms with Crippen molar-refractivity contribution in [1.29, 1.82) is 0 Å². The van der Waals surface area contributed by atoms with Gasteiger partial charge in [0.1, 0.15) is 9.88 Å². The minimum atomic E-state index is -4.96. The van der Waals surface area contributed by atoms with Crippen molar-refractivity contribution in [1.82, 2.24) is 15.0 Å². The Hall–Kier alpha value is -2.63. The topological polar surface area (TPSA) is 78.6 Å². The predicted octanol–water partition coefficient (Wildman–Crippen LogP) is 3.69. The first-order valence-corrected chi connectivity index (χ1v) is 7.61. The molecule has 0 spiro atoms. The van der Waals surface area contributed by atoms with Gasteiger partial charge in [0.15, 0.2) is 0 Å². The summed E-state index contributed by atoms with van der Waals surface area (Å²) in [5.74, 6) is 0. The normalized spacial score (nSPS) is 12.7. The third-order valence-corrected chi connectivity index (χ3v) is 4.65. The van der Waals surface area contributed by atoms with Crippen LogP contribution in [0, 0.1) is 6.92 Å². The van der Waals surface area contributed by atoms with Gasteiger partial charge in [-0.3, -0.25) is 9.78 Å². The van der Waals surface area contributed by atoms with Gasteiger partial charge in [-0.05, 0) is 18.6 Å². The summed E-state index contributed by atoms with van der Waals surface area (Å²) >= 11 is 0.0403. The maximum atomic E-state index is 13.5. The number of rotatable bonds is 1. The van der Waals surface area contributed by atoms with E-state index in [-0.39, 0.29) is 22.4 Å². The Morgan fingerprint density at radius 1 is 1.04 bits per heavy atom. The van der Waals surface area contributed by atoms with Crippen LogP contribution in [0.1, 0.15) is 16.0 Å². The van der Waals surface area contributed by atoms with E-state index in [4.69, 9.17) is 0 Å². The van der Waals surface area contributed by atoms with Gasteiger partial charge in [0.05, 0.1) is 22.7 Å². The van der Waals surface area contributed by atoms with E-state index in [0.29, 0.717) is 12.3 Å². The number of alkyl halides is 6. The van der Waals surface area contributed by atoms with Crippen molar-refractivity contribution in [3.8, 4) is 10.6 Å². The van der Waals surface area contributed by atoms with E-state index in [1.165, 1.54) is 0 Å². The van der Waals surface area contributed by atoms with Gasteiger partial charge in [0.25, 0.3) is 5.56 Å². The fraction of sp³-hybridized carbons (Fsp3) is 0.214. The summed E-state index contributed by atoms with van der Waals surface area (Å²) in [7, 11) is 0. The van der Waals surface area contributed by atoms with E-state index < -0.39 is 50.0 Å². The van der Waals surface area contributed by atoms with Crippen molar-refractivity contribution in [2.45, 2.75) is 19.3 Å². The van der Waals surface area contributed by atoms with Gasteiger partial charge in [-0.2, -0.15) is 26.3 Å². The molecule has 0 aliphatic carbocycles. The molecule has 2 heterocycles. The second kappa shape index (κ2) is 5.69. The van der Waals surface area contributed by atoms with E-state index in [1.807, 2.05) is 0 Å². The number of aryl methyl sites for hydroxylation is 1. The highest BCUT2D eigenvalue weighted by Crippen LogP contribution is 2.44. The summed E-state index contributed by atoms with van der Waals surface area (Å²) in [6.07, 6.45) is -9.28. The number of hydrogen-bond acceptors (Lipinski definition) is 4. The number of aromatic amines is 2. The quantitative estimate of drug-likeness (QED) is 0.617. The van der Waals surface area contributed by atoms with Crippen LogP contribution in [0.3, 0.4) is 0 Å². The van der Waals surface area contributed by atoms with Crippen LogP contribution in [0.15, 0.2) is 21.9 Å². The molecule has 5 nitrogen and oxygen atoms in total. The molecule has 2 N–H and O–H groups in total. The fourth-order valence-electron chi connectivity index (χ4n) is 2.49. The number of halogens is 6. The lowest BCUT2D eigenvalue weighted by Crippen LogP contribution is -2.23. The summed E-state index contributed by atoms with van der Waals surface area (Å²) in [6.45, 7) is 1.16. The third-order valence-electron chi connectivity index (χ3n) is 3.59. The number of fused-ring (bicyclic) bond motifs is 1. The molecule has 0 saturated carbocycles. The van der Waals surface area contributed by atoms with Gasteiger partial charge >= 0.3 is 18.0 Å². The molecule has 0 saturated heterocycles. The first-order valence-electron chi connectivity index (χ1n) is 6.80. The molecular formula is C14H7F6N3O2S. The van der Waals surface area contributed by atoms with E-state index >= 15 is 0 Å². The first kappa shape index (κ1) is 18.2. The molecule has 0 aliphatic heterocycles. The van der Waals surface area contributed by atoms with Crippen LogP contribution in [-0.2, 0) is 12.4 Å². The van der Waals surface area contributed by atoms with Gasteiger partial charge in [0.2, 0.25) is 0 Å². The highest BCUT2D eigenvalue weighted by atomic mass is 32.1. The van der Waals surface area contributed by atoms with Crippen LogP contribution in [0.4, 0.5) is 26.3 Å². The molecule has 3 rings (SSSR count). The highest BCUT2D eigenvalue weighted by molar-refractivity contribution is 7.15. The molecule has 12 heteroatoms. The molecule has 0 amide bonds. The van der Waals surface area contributed by atoms with Gasteiger partial charge in [-0.15, -0.1) is 11.3 Å². The molecule has 0 atom stereocenters. The van der Waals surface area contributed by atoms with E-state index in [1.54, 1.807) is 4.98 Å². The molecule has 0 unspecified atom stereocenters. The van der Waals surface area contributed by atoms with E-state index in [0.717, 1.165) is 6.92 Å². The van der Waals surface area contributed by atoms with Crippen LogP contribution < -0.4 is 11.2 Å². The van der Waals surface area contributed by atoms with Crippen molar-refractivity contribution in [2.75, 3.05) is 0 Å². The molecule has 0 fully saturated rings. The summed E-state index contributed by atoms with van der Waals surface area (Å²) in [5.41, 5.74) is -4.34. The summed E-state index contributed by atoms with van der Waals surface area (Å²) in [5, 5.41) is -0.962. The number of H-pyrrole nitrogens is 2. The fourth-order valence-corrected chi connectivity index (χ4v) is 3.39. The average Bonchev–Trinajstić information content (AvgIpc) is 2.96. The summed E-state index contributed by atoms with van der Waals surface area (Å²) < 4.78 is 78.7. The Balaban J connectivity index is 2.43. The van der Waals surface area contributed by atoms with Crippen molar-refractivity contribution < 1.29 is 26.3 Å². The highest BCUT2D eigenvalue weighted by Gasteiger charge is 2.38. The standard InChI is InChI=1S/C14H7F6N3O2S/c1-4-8(11-21-3-7(26-11)14(18,19)20)6(13(15,16)17)2-5-9(4)22-12(25)23-10(5)24/h2-3H,1H3,(H2,22,23,24,25). The van der Waals surface area contributed by atoms with Crippen LogP contribution in [0.5, 0.6) is 0 Å². The molecule has 26 heavy (non-hydrogen) atoms. The number of aromatic nitrogens is 3. The molecule has 0 radical (unpaired) electrons. The minimum Gasteiger partial charge on any atom is -0.307 e. The van der Waals surface area contributed by atoms with Crippen LogP contribution in [-0.4, -0.2) is 15.0 Å². The number of nitrogens with one attached hydrogen (secondary N) is 2. The largest absolute Gasteiger partial charge is 0.427 e. The maximum Gasteiger partial charge on any atom is 0.427 e. The Morgan fingerprint density at radius 3 is 2.23 bits per heavy atom. The Kier molecular flexibility index (Phi) is 3.98. The molecule has 3 aromatic rings. The molecule has 138 valence electrons. The Labute approximate surface area is 143 Å². The molecular weight excluding hydrogens is 388 g/mol. The zero-order valence-corrected chi connectivity index (χ0v) is 13.4. The second-order valence-corrected chi connectivity index (χ2v) is 6.31. The molecule has 1 aromatic carbocycles. The van der Waals surface area contributed by atoms with Gasteiger partial charge in [0, 0.05) is 5.56 Å². The predicted molar refractivity (Wildman–Crippen MR) is 81.0 cm³/mol. The molecule has 0 aliphatic rings. The minimum absolute atomic E-state index is 0.0403. The number of benzene rings is 1. The number of hydrogen-bond donors (Lipinski definition) is 2. The van der Waals surface area contributed by atoms with Crippen LogP contribution >= 0.6 is 11.3 Å². The molecule has 2 aromatic heterocycles. The van der Waals surface area contributed by atoms with Crippen molar-refractivity contribution in [3.05, 3.63) is 49.1 Å². The number of nitrogens with zero attached hydrogens (tertiary/aromatic N) is 1. The lowest BCUT2D eigenvalue weighted by Gasteiger charge is -2.15. The SMILES string of the molecule is Cc1c(-c2ncc(C(F)(F)F)s2)c(C(F)(F)F)cc2c(=O)[nH]c(=O)[nH]c12. The monoisotopic (exact) mass is 395 g/mol. The van der Waals surface area contributed by atoms with Gasteiger partial charge < -0.3 is 4.98 Å². The lowest BCUT2D eigenvalue weighted by atomic mass is 9.98. The van der Waals surface area contributed by atoms with Crippen molar-refractivity contribution in [2.24, 2.45) is 0 Å². The maximum absolute atomic E-state index is 13.5. The smallest absolute Gasteiger partial charge is 0.307 e. The Bertz CT molecular complexity index is 1120. The number of thiazole rings is 1. The van der Waals surface area contributed by atoms with Gasteiger partial charge in [-0.25, -0.2) is 9.78 Å². The van der Waals surface area contributed by atoms with Gasteiger partial charge in [-0.1, -0.05) is 0 Å². The van der Waals surface area contributed by atoms with E-state index in [9.17, 15) is 35.9 Å². The zero-order chi connectivity index (χ0) is 19.4. The average molecular weight is 395 g/mol. The second-order valence-electron chi connectivity index (χ2n) is 5.28. The van der Waals surface area contributed by atoms with Crippen molar-refractivity contribution in [3.63, 3.8) is 0 Å². The summed E-state index contributed by atoms with van der Waals surface area (Å²) in [4.78, 5) is 29.5. The lowest BCUT2D eigenvalue weighted by molar-refractivity contribution is -0.137. The zero-order valence-electron chi connectivity index (χ0n) is 12.6. The van der Waals surface area contributed by atoms with Crippen LogP contribution in [0.2, 0.25) is 0 Å². The third kappa shape index (κ3) is 3.00. The van der Waals surface area contributed by atoms with Crippen LogP contribution in [0.25, 0.3) is 21.5 Å². The Morgan fingerprint density at radius 2 is 1.69 bits per heavy atom. The summed E-state index contributed by atoms with van der Waals surface area (Å²) in [6, 6.07) is 0.487. The van der Waals surface area contributed by atoms with Crippen molar-refractivity contribution >= 4 is 22.2 Å². The molecule has 0 bridgehead atoms.